The Bertz CT molecular complexity index is 389. The predicted octanol–water partition coefficient (Wildman–Crippen LogP) is 3.27. The maximum Gasteiger partial charge on any atom is 0.0692 e. The number of benzene rings is 1. The highest BCUT2D eigenvalue weighted by Crippen LogP contribution is 2.30. The van der Waals surface area contributed by atoms with Gasteiger partial charge in [-0.3, -0.25) is 0 Å². The molecule has 0 aliphatic carbocycles. The topological polar surface area (TPSA) is 23.5 Å². The van der Waals surface area contributed by atoms with Gasteiger partial charge in [0.15, 0.2) is 0 Å². The molecule has 1 N–H and O–H groups in total. The molecule has 0 bridgehead atoms. The molecule has 1 aliphatic rings. The average molecular weight is 316 g/mol. The second-order valence-electron chi connectivity index (χ2n) is 4.60. The van der Waals surface area contributed by atoms with Gasteiger partial charge in [-0.1, -0.05) is 35.8 Å². The summed E-state index contributed by atoms with van der Waals surface area (Å²) in [4.78, 5) is 2.43. The lowest BCUT2D eigenvalue weighted by Gasteiger charge is -2.36. The molecule has 0 amide bonds. The highest BCUT2D eigenvalue weighted by molar-refractivity contribution is 9.10. The fourth-order valence-corrected chi connectivity index (χ4v) is 4.07. The zero-order chi connectivity index (χ0) is 12.4. The minimum Gasteiger partial charge on any atom is -0.392 e. The molecule has 0 spiro atoms. The normalized spacial score (nSPS) is 25.1. The summed E-state index contributed by atoms with van der Waals surface area (Å²) in [7, 11) is 0. The van der Waals surface area contributed by atoms with Crippen molar-refractivity contribution < 1.29 is 5.11 Å². The molecular formula is C13H18BrNOS. The van der Waals surface area contributed by atoms with Gasteiger partial charge in [-0.15, -0.1) is 0 Å². The molecule has 4 heteroatoms. The van der Waals surface area contributed by atoms with Crippen LogP contribution in [0.4, 0.5) is 5.69 Å². The molecule has 1 aromatic rings. The third-order valence-electron chi connectivity index (χ3n) is 2.99. The zero-order valence-corrected chi connectivity index (χ0v) is 12.6. The van der Waals surface area contributed by atoms with E-state index in [2.05, 4.69) is 58.6 Å². The van der Waals surface area contributed by atoms with E-state index in [1.807, 2.05) is 6.07 Å². The molecule has 2 atom stereocenters. The number of thioether (sulfide) groups is 1. The smallest absolute Gasteiger partial charge is 0.0692 e. The van der Waals surface area contributed by atoms with Crippen molar-refractivity contribution in [2.75, 3.05) is 18.0 Å². The maximum atomic E-state index is 9.16. The lowest BCUT2D eigenvalue weighted by molar-refractivity contribution is 0.281. The quantitative estimate of drug-likeness (QED) is 0.906. The van der Waals surface area contributed by atoms with Crippen LogP contribution in [-0.2, 0) is 6.61 Å². The molecule has 94 valence electrons. The Balaban J connectivity index is 2.19. The van der Waals surface area contributed by atoms with Crippen molar-refractivity contribution in [3.8, 4) is 0 Å². The fraction of sp³-hybridized carbons (Fsp3) is 0.538. The summed E-state index contributed by atoms with van der Waals surface area (Å²) in [5.41, 5.74) is 2.19. The van der Waals surface area contributed by atoms with E-state index >= 15 is 0 Å². The first-order valence-corrected chi connectivity index (χ1v) is 7.63. The number of hydrogen-bond acceptors (Lipinski definition) is 3. The van der Waals surface area contributed by atoms with Crippen molar-refractivity contribution in [2.45, 2.75) is 31.0 Å². The van der Waals surface area contributed by atoms with Crippen LogP contribution in [0.3, 0.4) is 0 Å². The number of halogens is 1. The molecular weight excluding hydrogens is 298 g/mol. The van der Waals surface area contributed by atoms with Crippen LogP contribution in [0.25, 0.3) is 0 Å². The van der Waals surface area contributed by atoms with Crippen molar-refractivity contribution in [2.24, 2.45) is 0 Å². The monoisotopic (exact) mass is 315 g/mol. The largest absolute Gasteiger partial charge is 0.392 e. The number of aliphatic hydroxyl groups excluding tert-OH is 1. The second kappa shape index (κ2) is 5.63. The Morgan fingerprint density at radius 2 is 2.00 bits per heavy atom. The first-order valence-electron chi connectivity index (χ1n) is 5.90. The van der Waals surface area contributed by atoms with E-state index in [0.717, 1.165) is 23.1 Å². The van der Waals surface area contributed by atoms with Crippen LogP contribution >= 0.6 is 27.7 Å². The minimum absolute atomic E-state index is 0.0868. The summed E-state index contributed by atoms with van der Waals surface area (Å²) < 4.78 is 0.996. The molecule has 2 rings (SSSR count). The average Bonchev–Trinajstić information content (AvgIpc) is 2.27. The van der Waals surface area contributed by atoms with Crippen molar-refractivity contribution >= 4 is 33.4 Å². The maximum absolute atomic E-state index is 9.16. The Labute approximate surface area is 116 Å². The molecule has 0 radical (unpaired) electrons. The number of aliphatic hydroxyl groups is 1. The Kier molecular flexibility index (Phi) is 4.39. The number of rotatable bonds is 2. The van der Waals surface area contributed by atoms with Crippen molar-refractivity contribution in [3.63, 3.8) is 0 Å². The van der Waals surface area contributed by atoms with Gasteiger partial charge < -0.3 is 10.0 Å². The summed E-state index contributed by atoms with van der Waals surface area (Å²) in [6.45, 7) is 6.85. The highest BCUT2D eigenvalue weighted by Gasteiger charge is 2.22. The van der Waals surface area contributed by atoms with Crippen LogP contribution < -0.4 is 4.90 Å². The first kappa shape index (κ1) is 13.2. The zero-order valence-electron chi connectivity index (χ0n) is 10.2. The fourth-order valence-electron chi connectivity index (χ4n) is 2.25. The SMILES string of the molecule is CC1CN(c2ccc(CO)c(Br)c2)CC(C)S1. The Hall–Kier alpha value is -0.190. The molecule has 1 fully saturated rings. The summed E-state index contributed by atoms with van der Waals surface area (Å²) in [5, 5.41) is 10.5. The molecule has 1 heterocycles. The Morgan fingerprint density at radius 1 is 1.35 bits per heavy atom. The van der Waals surface area contributed by atoms with Crippen LogP contribution in [0, 0.1) is 0 Å². The third-order valence-corrected chi connectivity index (χ3v) is 4.96. The van der Waals surface area contributed by atoms with Gasteiger partial charge in [0, 0.05) is 33.7 Å². The van der Waals surface area contributed by atoms with Crippen LogP contribution in [0.5, 0.6) is 0 Å². The molecule has 0 aromatic heterocycles. The van der Waals surface area contributed by atoms with Crippen LogP contribution in [0.1, 0.15) is 19.4 Å². The third kappa shape index (κ3) is 3.18. The molecule has 2 unspecified atom stereocenters. The van der Waals surface area contributed by atoms with Crippen molar-refractivity contribution in [1.29, 1.82) is 0 Å². The second-order valence-corrected chi connectivity index (χ2v) is 7.33. The van der Waals surface area contributed by atoms with E-state index in [9.17, 15) is 0 Å². The van der Waals surface area contributed by atoms with E-state index in [4.69, 9.17) is 5.11 Å². The standard InChI is InChI=1S/C13H18BrNOS/c1-9-6-15(7-10(2)17-9)12-4-3-11(8-16)13(14)5-12/h3-5,9-10,16H,6-8H2,1-2H3. The van der Waals surface area contributed by atoms with Gasteiger partial charge in [0.2, 0.25) is 0 Å². The van der Waals surface area contributed by atoms with Gasteiger partial charge in [0.25, 0.3) is 0 Å². The van der Waals surface area contributed by atoms with E-state index < -0.39 is 0 Å². The predicted molar refractivity (Wildman–Crippen MR) is 78.8 cm³/mol. The van der Waals surface area contributed by atoms with Crippen LogP contribution in [0.2, 0.25) is 0 Å². The lowest BCUT2D eigenvalue weighted by Crippen LogP contribution is -2.40. The van der Waals surface area contributed by atoms with E-state index in [1.165, 1.54) is 5.69 Å². The molecule has 17 heavy (non-hydrogen) atoms. The van der Waals surface area contributed by atoms with Gasteiger partial charge in [-0.25, -0.2) is 0 Å². The molecule has 0 saturated carbocycles. The summed E-state index contributed by atoms with van der Waals surface area (Å²) in [5.74, 6) is 0. The van der Waals surface area contributed by atoms with Gasteiger partial charge >= 0.3 is 0 Å². The van der Waals surface area contributed by atoms with Gasteiger partial charge in [-0.05, 0) is 17.7 Å². The molecule has 1 aliphatic heterocycles. The molecule has 1 saturated heterocycles. The summed E-state index contributed by atoms with van der Waals surface area (Å²) in [6, 6.07) is 6.21. The first-order chi connectivity index (χ1) is 8.10. The van der Waals surface area contributed by atoms with Crippen LogP contribution in [0.15, 0.2) is 22.7 Å². The molecule has 2 nitrogen and oxygen atoms in total. The van der Waals surface area contributed by atoms with E-state index in [1.54, 1.807) is 0 Å². The molecule has 1 aromatic carbocycles. The Morgan fingerprint density at radius 3 is 2.53 bits per heavy atom. The van der Waals surface area contributed by atoms with Gasteiger partial charge in [-0.2, -0.15) is 11.8 Å². The number of hydrogen-bond donors (Lipinski definition) is 1. The van der Waals surface area contributed by atoms with Gasteiger partial charge in [0.1, 0.15) is 0 Å². The number of nitrogens with zero attached hydrogens (tertiary/aromatic N) is 1. The van der Waals surface area contributed by atoms with E-state index in [-0.39, 0.29) is 6.61 Å². The van der Waals surface area contributed by atoms with Crippen LogP contribution in [-0.4, -0.2) is 28.7 Å². The lowest BCUT2D eigenvalue weighted by atomic mass is 10.2. The summed E-state index contributed by atoms with van der Waals surface area (Å²) >= 11 is 5.57. The number of anilines is 1. The van der Waals surface area contributed by atoms with E-state index in [0.29, 0.717) is 10.5 Å². The highest BCUT2D eigenvalue weighted by atomic mass is 79.9. The minimum atomic E-state index is 0.0868. The summed E-state index contributed by atoms with van der Waals surface area (Å²) in [6.07, 6.45) is 0. The van der Waals surface area contributed by atoms with Crippen molar-refractivity contribution in [3.05, 3.63) is 28.2 Å². The van der Waals surface area contributed by atoms with Crippen molar-refractivity contribution in [1.82, 2.24) is 0 Å². The van der Waals surface area contributed by atoms with Gasteiger partial charge in [0.05, 0.1) is 6.61 Å².